The Morgan fingerprint density at radius 3 is 2.39 bits per heavy atom. The Kier molecular flexibility index (Phi) is 7.72. The Hall–Kier alpha value is -2.70. The summed E-state index contributed by atoms with van der Waals surface area (Å²) < 4.78 is 43.3. The zero-order chi connectivity index (χ0) is 20.6. The van der Waals surface area contributed by atoms with Gasteiger partial charge in [-0.15, -0.1) is 0 Å². The highest BCUT2D eigenvalue weighted by atomic mass is 19.4. The summed E-state index contributed by atoms with van der Waals surface area (Å²) in [5, 5.41) is 2.78. The molecule has 0 saturated carbocycles. The van der Waals surface area contributed by atoms with Crippen molar-refractivity contribution in [3.05, 3.63) is 53.6 Å². The third-order valence-corrected chi connectivity index (χ3v) is 4.24. The number of nitrogen functional groups attached to an aromatic ring is 1. The molecule has 1 amide bonds. The van der Waals surface area contributed by atoms with E-state index in [0.29, 0.717) is 29.1 Å². The Bertz CT molecular complexity index is 774. The number of hydrogen-bond acceptors (Lipinski definition) is 3. The van der Waals surface area contributed by atoms with Crippen molar-refractivity contribution in [3.8, 4) is 5.75 Å². The number of nitrogens with two attached hydrogens (primary N) is 1. The van der Waals surface area contributed by atoms with Crippen LogP contribution in [0.5, 0.6) is 5.75 Å². The Balaban J connectivity index is 1.87. The lowest BCUT2D eigenvalue weighted by Gasteiger charge is -2.12. The molecule has 0 aliphatic heterocycles. The molecule has 0 unspecified atom stereocenters. The fourth-order valence-corrected chi connectivity index (χ4v) is 2.63. The zero-order valence-corrected chi connectivity index (χ0v) is 15.8. The topological polar surface area (TPSA) is 64.3 Å². The van der Waals surface area contributed by atoms with Crippen LogP contribution in [0.25, 0.3) is 0 Å². The van der Waals surface area contributed by atoms with Crippen LogP contribution >= 0.6 is 0 Å². The third-order valence-electron chi connectivity index (χ3n) is 4.24. The molecule has 2 rings (SSSR count). The van der Waals surface area contributed by atoms with E-state index in [1.54, 1.807) is 18.2 Å². The maximum absolute atomic E-state index is 12.6. The zero-order valence-electron chi connectivity index (χ0n) is 15.8. The molecule has 0 aliphatic carbocycles. The first-order valence-electron chi connectivity index (χ1n) is 9.28. The van der Waals surface area contributed by atoms with Crippen LogP contribution in [0.15, 0.2) is 42.5 Å². The molecular weight excluding hydrogens is 369 g/mol. The monoisotopic (exact) mass is 394 g/mol. The van der Waals surface area contributed by atoms with E-state index in [1.165, 1.54) is 12.1 Å². The standard InChI is InChI=1S/C21H25F3N2O2/c1-2-3-4-5-6-20(27)26-19-12-11-17(13-18(19)25)28-14-15-7-9-16(10-8-15)21(22,23)24/h7-13H,2-6,14,25H2,1H3,(H,26,27). The highest BCUT2D eigenvalue weighted by Crippen LogP contribution is 2.29. The number of rotatable bonds is 9. The quantitative estimate of drug-likeness (QED) is 0.419. The average molecular weight is 394 g/mol. The molecule has 4 nitrogen and oxygen atoms in total. The first-order valence-corrected chi connectivity index (χ1v) is 9.28. The van der Waals surface area contributed by atoms with Crippen molar-refractivity contribution in [3.63, 3.8) is 0 Å². The van der Waals surface area contributed by atoms with Crippen molar-refractivity contribution in [1.29, 1.82) is 0 Å². The number of amides is 1. The van der Waals surface area contributed by atoms with E-state index in [0.717, 1.165) is 37.8 Å². The van der Waals surface area contributed by atoms with Crippen molar-refractivity contribution in [2.75, 3.05) is 11.1 Å². The summed E-state index contributed by atoms with van der Waals surface area (Å²) in [5.41, 5.74) is 6.76. The van der Waals surface area contributed by atoms with Gasteiger partial charge in [-0.05, 0) is 36.2 Å². The molecule has 28 heavy (non-hydrogen) atoms. The number of anilines is 2. The second-order valence-corrected chi connectivity index (χ2v) is 6.59. The lowest BCUT2D eigenvalue weighted by molar-refractivity contribution is -0.137. The van der Waals surface area contributed by atoms with Crippen LogP contribution in [-0.2, 0) is 17.6 Å². The van der Waals surface area contributed by atoms with Crippen LogP contribution in [-0.4, -0.2) is 5.91 Å². The lowest BCUT2D eigenvalue weighted by atomic mass is 10.1. The van der Waals surface area contributed by atoms with Crippen molar-refractivity contribution in [2.24, 2.45) is 0 Å². The summed E-state index contributed by atoms with van der Waals surface area (Å²) in [6.07, 6.45) is 0.183. The van der Waals surface area contributed by atoms with Gasteiger partial charge < -0.3 is 15.8 Å². The number of hydrogen-bond donors (Lipinski definition) is 2. The fourth-order valence-electron chi connectivity index (χ4n) is 2.63. The minimum absolute atomic E-state index is 0.0822. The number of nitrogens with one attached hydrogen (secondary N) is 1. The van der Waals surface area contributed by atoms with E-state index in [4.69, 9.17) is 10.5 Å². The largest absolute Gasteiger partial charge is 0.489 e. The van der Waals surface area contributed by atoms with Gasteiger partial charge in [-0.2, -0.15) is 13.2 Å². The van der Waals surface area contributed by atoms with Crippen molar-refractivity contribution in [1.82, 2.24) is 0 Å². The molecule has 0 radical (unpaired) electrons. The third kappa shape index (κ3) is 6.79. The van der Waals surface area contributed by atoms with E-state index in [2.05, 4.69) is 12.2 Å². The van der Waals surface area contributed by atoms with E-state index < -0.39 is 11.7 Å². The number of unbranched alkanes of at least 4 members (excludes halogenated alkanes) is 3. The molecule has 7 heteroatoms. The number of benzene rings is 2. The van der Waals surface area contributed by atoms with E-state index in [9.17, 15) is 18.0 Å². The van der Waals surface area contributed by atoms with Gasteiger partial charge in [0.1, 0.15) is 12.4 Å². The number of carbonyl (C=O) groups is 1. The van der Waals surface area contributed by atoms with Gasteiger partial charge in [-0.3, -0.25) is 4.79 Å². The minimum atomic E-state index is -4.36. The molecule has 0 saturated heterocycles. The fraction of sp³-hybridized carbons (Fsp3) is 0.381. The average Bonchev–Trinajstić information content (AvgIpc) is 2.65. The van der Waals surface area contributed by atoms with Gasteiger partial charge in [-0.25, -0.2) is 0 Å². The highest BCUT2D eigenvalue weighted by Gasteiger charge is 2.29. The summed E-state index contributed by atoms with van der Waals surface area (Å²) in [4.78, 5) is 11.9. The van der Waals surface area contributed by atoms with E-state index >= 15 is 0 Å². The van der Waals surface area contributed by atoms with Gasteiger partial charge in [0.05, 0.1) is 16.9 Å². The van der Waals surface area contributed by atoms with Crippen LogP contribution in [0.2, 0.25) is 0 Å². The minimum Gasteiger partial charge on any atom is -0.489 e. The first kappa shape index (κ1) is 21.6. The summed E-state index contributed by atoms with van der Waals surface area (Å²) in [5.74, 6) is 0.388. The molecule has 3 N–H and O–H groups in total. The Morgan fingerprint density at radius 1 is 1.07 bits per heavy atom. The summed E-state index contributed by atoms with van der Waals surface area (Å²) in [7, 11) is 0. The maximum atomic E-state index is 12.6. The first-order chi connectivity index (χ1) is 13.3. The Labute approximate surface area is 162 Å². The highest BCUT2D eigenvalue weighted by molar-refractivity contribution is 5.93. The second-order valence-electron chi connectivity index (χ2n) is 6.59. The second kappa shape index (κ2) is 10.0. The summed E-state index contributed by atoms with van der Waals surface area (Å²) in [6.45, 7) is 2.22. The van der Waals surface area contributed by atoms with Crippen LogP contribution < -0.4 is 15.8 Å². The molecule has 152 valence electrons. The van der Waals surface area contributed by atoms with Gasteiger partial charge in [0.15, 0.2) is 0 Å². The van der Waals surface area contributed by atoms with Crippen LogP contribution in [0.3, 0.4) is 0 Å². The molecule has 2 aromatic carbocycles. The van der Waals surface area contributed by atoms with Crippen LogP contribution in [0.4, 0.5) is 24.5 Å². The molecule has 0 aromatic heterocycles. The van der Waals surface area contributed by atoms with Gasteiger partial charge in [-0.1, -0.05) is 38.3 Å². The molecular formula is C21H25F3N2O2. The molecule has 0 bridgehead atoms. The number of carbonyl (C=O) groups excluding carboxylic acids is 1. The number of alkyl halides is 3. The Morgan fingerprint density at radius 2 is 1.79 bits per heavy atom. The van der Waals surface area contributed by atoms with Gasteiger partial charge in [0.2, 0.25) is 5.91 Å². The number of halogens is 3. The van der Waals surface area contributed by atoms with Gasteiger partial charge in [0, 0.05) is 12.5 Å². The molecule has 0 fully saturated rings. The van der Waals surface area contributed by atoms with Crippen LogP contribution in [0.1, 0.15) is 50.2 Å². The smallest absolute Gasteiger partial charge is 0.416 e. The predicted octanol–water partition coefficient (Wildman–Crippen LogP) is 5.78. The van der Waals surface area contributed by atoms with Gasteiger partial charge >= 0.3 is 6.18 Å². The summed E-state index contributed by atoms with van der Waals surface area (Å²) >= 11 is 0. The normalized spacial score (nSPS) is 11.3. The summed E-state index contributed by atoms with van der Waals surface area (Å²) in [6, 6.07) is 9.68. The molecule has 0 aliphatic rings. The van der Waals surface area contributed by atoms with E-state index in [1.807, 2.05) is 0 Å². The van der Waals surface area contributed by atoms with Crippen molar-refractivity contribution < 1.29 is 22.7 Å². The molecule has 0 atom stereocenters. The number of ether oxygens (including phenoxy) is 1. The van der Waals surface area contributed by atoms with Crippen LogP contribution in [0, 0.1) is 0 Å². The van der Waals surface area contributed by atoms with Crippen molar-refractivity contribution in [2.45, 2.75) is 51.8 Å². The molecule has 0 spiro atoms. The SMILES string of the molecule is CCCCCCC(=O)Nc1ccc(OCc2ccc(C(F)(F)F)cc2)cc1N. The van der Waals surface area contributed by atoms with E-state index in [-0.39, 0.29) is 12.5 Å². The lowest BCUT2D eigenvalue weighted by Crippen LogP contribution is -2.12. The van der Waals surface area contributed by atoms with Gasteiger partial charge in [0.25, 0.3) is 0 Å². The molecule has 2 aromatic rings. The predicted molar refractivity (Wildman–Crippen MR) is 104 cm³/mol. The van der Waals surface area contributed by atoms with Crippen molar-refractivity contribution >= 4 is 17.3 Å². The maximum Gasteiger partial charge on any atom is 0.416 e. The molecule has 0 heterocycles.